The standard InChI is InChI=1S/C12H11N3SSe/c1-8(11-6-3-7-16-11)13-9-4-2-5-10-12(9)15-17-14-10/h2-8,13H,1H3. The van der Waals surface area contributed by atoms with E-state index < -0.39 is 0 Å². The van der Waals surface area contributed by atoms with Gasteiger partial charge in [0.15, 0.2) is 0 Å². The topological polar surface area (TPSA) is 37.8 Å². The summed E-state index contributed by atoms with van der Waals surface area (Å²) in [6, 6.07) is 10.7. The van der Waals surface area contributed by atoms with Gasteiger partial charge in [-0.25, -0.2) is 0 Å². The average molecular weight is 308 g/mol. The van der Waals surface area contributed by atoms with Gasteiger partial charge in [-0.15, -0.1) is 0 Å². The van der Waals surface area contributed by atoms with Crippen molar-refractivity contribution in [3.05, 3.63) is 40.6 Å². The molecule has 3 rings (SSSR count). The van der Waals surface area contributed by atoms with Crippen molar-refractivity contribution in [2.75, 3.05) is 5.32 Å². The van der Waals surface area contributed by atoms with Gasteiger partial charge in [-0.2, -0.15) is 0 Å². The van der Waals surface area contributed by atoms with E-state index in [9.17, 15) is 0 Å². The van der Waals surface area contributed by atoms with Crippen molar-refractivity contribution < 1.29 is 0 Å². The quantitative estimate of drug-likeness (QED) is 0.756. The normalized spacial score (nSPS) is 12.8. The molecule has 0 fully saturated rings. The van der Waals surface area contributed by atoms with Crippen LogP contribution in [0, 0.1) is 0 Å². The molecule has 0 bridgehead atoms. The van der Waals surface area contributed by atoms with Gasteiger partial charge in [0.2, 0.25) is 0 Å². The molecule has 0 aliphatic carbocycles. The summed E-state index contributed by atoms with van der Waals surface area (Å²) in [5.74, 6) is 0. The first-order valence-electron chi connectivity index (χ1n) is 5.36. The molecule has 1 unspecified atom stereocenters. The Morgan fingerprint density at radius 3 is 3.00 bits per heavy atom. The summed E-state index contributed by atoms with van der Waals surface area (Å²) in [6.07, 6.45) is 0. The second-order valence-corrected chi connectivity index (χ2v) is 5.91. The van der Waals surface area contributed by atoms with Crippen LogP contribution in [-0.4, -0.2) is 22.9 Å². The van der Waals surface area contributed by atoms with Crippen LogP contribution in [-0.2, 0) is 0 Å². The Morgan fingerprint density at radius 2 is 2.18 bits per heavy atom. The van der Waals surface area contributed by atoms with Crippen molar-refractivity contribution in [1.82, 2.24) is 7.96 Å². The van der Waals surface area contributed by atoms with Crippen LogP contribution in [0.25, 0.3) is 11.0 Å². The number of hydrogen-bond acceptors (Lipinski definition) is 4. The first-order valence-corrected chi connectivity index (χ1v) is 7.77. The van der Waals surface area contributed by atoms with E-state index in [1.54, 1.807) is 11.3 Å². The number of benzene rings is 1. The van der Waals surface area contributed by atoms with E-state index in [1.165, 1.54) is 4.88 Å². The maximum atomic E-state index is 4.47. The second-order valence-electron chi connectivity index (χ2n) is 3.82. The monoisotopic (exact) mass is 309 g/mol. The molecule has 86 valence electrons. The molecule has 1 aromatic carbocycles. The Balaban J connectivity index is 1.92. The molecule has 0 saturated carbocycles. The van der Waals surface area contributed by atoms with Crippen molar-refractivity contribution >= 4 is 43.0 Å². The molecule has 0 amide bonds. The summed E-state index contributed by atoms with van der Waals surface area (Å²) >= 11 is 1.80. The third kappa shape index (κ3) is 2.14. The van der Waals surface area contributed by atoms with E-state index in [1.807, 2.05) is 12.1 Å². The van der Waals surface area contributed by atoms with Gasteiger partial charge in [-0.3, -0.25) is 0 Å². The molecule has 1 N–H and O–H groups in total. The Bertz CT molecular complexity index is 618. The van der Waals surface area contributed by atoms with Gasteiger partial charge in [0.25, 0.3) is 0 Å². The van der Waals surface area contributed by atoms with Crippen LogP contribution in [0.15, 0.2) is 35.7 Å². The molecule has 1 atom stereocenters. The molecule has 0 spiro atoms. The maximum absolute atomic E-state index is 4.47. The fourth-order valence-corrected chi connectivity index (χ4v) is 3.65. The predicted molar refractivity (Wildman–Crippen MR) is 72.8 cm³/mol. The predicted octanol–water partition coefficient (Wildman–Crippen LogP) is 2.92. The van der Waals surface area contributed by atoms with Gasteiger partial charge in [-0.05, 0) is 0 Å². The number of aromatic nitrogens is 2. The van der Waals surface area contributed by atoms with Crippen LogP contribution >= 0.6 is 11.3 Å². The molecule has 0 aliphatic rings. The molecule has 3 aromatic rings. The zero-order valence-corrected chi connectivity index (χ0v) is 11.8. The van der Waals surface area contributed by atoms with E-state index in [0.717, 1.165) is 16.7 Å². The molecule has 0 aliphatic heterocycles. The fourth-order valence-electron chi connectivity index (χ4n) is 1.76. The van der Waals surface area contributed by atoms with Gasteiger partial charge in [0.05, 0.1) is 0 Å². The van der Waals surface area contributed by atoms with Gasteiger partial charge < -0.3 is 0 Å². The Morgan fingerprint density at radius 1 is 1.24 bits per heavy atom. The summed E-state index contributed by atoms with van der Waals surface area (Å²) in [4.78, 5) is 1.34. The second kappa shape index (κ2) is 4.61. The molecule has 3 nitrogen and oxygen atoms in total. The van der Waals surface area contributed by atoms with Crippen molar-refractivity contribution in [3.63, 3.8) is 0 Å². The molecule has 17 heavy (non-hydrogen) atoms. The van der Waals surface area contributed by atoms with Crippen LogP contribution in [0.5, 0.6) is 0 Å². The van der Waals surface area contributed by atoms with E-state index in [-0.39, 0.29) is 15.0 Å². The number of anilines is 1. The molecule has 2 heterocycles. The summed E-state index contributed by atoms with van der Waals surface area (Å²) in [7, 11) is 0. The van der Waals surface area contributed by atoms with Gasteiger partial charge in [0.1, 0.15) is 0 Å². The Labute approximate surface area is 110 Å². The third-order valence-corrected chi connectivity index (χ3v) is 4.82. The number of nitrogens with one attached hydrogen (secondary N) is 1. The van der Waals surface area contributed by atoms with Gasteiger partial charge in [0, 0.05) is 0 Å². The SMILES string of the molecule is CC(Nc1cccc2n[se]nc12)c1cccs1. The number of nitrogens with zero attached hydrogens (tertiary/aromatic N) is 2. The van der Waals surface area contributed by atoms with E-state index >= 15 is 0 Å². The average Bonchev–Trinajstić information content (AvgIpc) is 3.00. The van der Waals surface area contributed by atoms with Crippen molar-refractivity contribution in [3.8, 4) is 0 Å². The first-order chi connectivity index (χ1) is 8.34. The molecular weight excluding hydrogens is 297 g/mol. The summed E-state index contributed by atoms with van der Waals surface area (Å²) in [5.41, 5.74) is 3.14. The Hall–Kier alpha value is -1.16. The minimum atomic E-state index is 0.0340. The fraction of sp³-hybridized carbons (Fsp3) is 0.167. The molecule has 0 saturated heterocycles. The minimum absolute atomic E-state index is 0.0340. The van der Waals surface area contributed by atoms with Crippen LogP contribution in [0.3, 0.4) is 0 Å². The molecule has 2 aromatic heterocycles. The summed E-state index contributed by atoms with van der Waals surface area (Å²) in [6.45, 7) is 2.17. The summed E-state index contributed by atoms with van der Waals surface area (Å²) < 4.78 is 8.86. The van der Waals surface area contributed by atoms with Crippen LogP contribution in [0.4, 0.5) is 5.69 Å². The van der Waals surface area contributed by atoms with Crippen molar-refractivity contribution in [2.24, 2.45) is 0 Å². The third-order valence-electron chi connectivity index (χ3n) is 2.63. The summed E-state index contributed by atoms with van der Waals surface area (Å²) in [5, 5.41) is 5.61. The Kier molecular flexibility index (Phi) is 2.97. The molecule has 5 heteroatoms. The zero-order chi connectivity index (χ0) is 11.7. The number of fused-ring (bicyclic) bond motifs is 1. The number of thiophene rings is 1. The van der Waals surface area contributed by atoms with Gasteiger partial charge in [-0.1, -0.05) is 0 Å². The van der Waals surface area contributed by atoms with E-state index in [2.05, 4.69) is 43.8 Å². The van der Waals surface area contributed by atoms with Crippen LogP contribution < -0.4 is 5.32 Å². The van der Waals surface area contributed by atoms with Crippen molar-refractivity contribution in [1.29, 1.82) is 0 Å². The number of rotatable bonds is 3. The van der Waals surface area contributed by atoms with Crippen LogP contribution in [0.1, 0.15) is 17.8 Å². The van der Waals surface area contributed by atoms with E-state index in [4.69, 9.17) is 0 Å². The van der Waals surface area contributed by atoms with Gasteiger partial charge >= 0.3 is 110 Å². The molecule has 0 radical (unpaired) electrons. The first kappa shape index (κ1) is 11.0. The van der Waals surface area contributed by atoms with Crippen LogP contribution in [0.2, 0.25) is 0 Å². The zero-order valence-electron chi connectivity index (χ0n) is 9.25. The van der Waals surface area contributed by atoms with Crippen molar-refractivity contribution in [2.45, 2.75) is 13.0 Å². The molecular formula is C12H11N3SSe. The van der Waals surface area contributed by atoms with E-state index in [0.29, 0.717) is 6.04 Å². The number of hydrogen-bond donors (Lipinski definition) is 1.